The van der Waals surface area contributed by atoms with Gasteiger partial charge >= 0.3 is 6.18 Å². The van der Waals surface area contributed by atoms with Gasteiger partial charge in [-0.25, -0.2) is 17.2 Å². The number of carbonyl (C=O) groups is 1. The van der Waals surface area contributed by atoms with Gasteiger partial charge in [-0.3, -0.25) is 9.10 Å². The van der Waals surface area contributed by atoms with E-state index in [2.05, 4.69) is 5.32 Å². The number of nitrogens with zero attached hydrogens (tertiary/aromatic N) is 1. The van der Waals surface area contributed by atoms with Crippen LogP contribution in [0.4, 0.5) is 27.6 Å². The highest BCUT2D eigenvalue weighted by Crippen LogP contribution is 2.41. The number of anilines is 1. The topological polar surface area (TPSA) is 84.9 Å². The van der Waals surface area contributed by atoms with Crippen LogP contribution in [0.25, 0.3) is 11.1 Å². The Bertz CT molecular complexity index is 1530. The van der Waals surface area contributed by atoms with Crippen LogP contribution in [0.5, 0.6) is 5.75 Å². The summed E-state index contributed by atoms with van der Waals surface area (Å²) in [4.78, 5) is 11.6. The molecule has 7 nitrogen and oxygen atoms in total. The second kappa shape index (κ2) is 10.1. The van der Waals surface area contributed by atoms with Crippen molar-refractivity contribution in [2.45, 2.75) is 17.2 Å². The summed E-state index contributed by atoms with van der Waals surface area (Å²) in [5.74, 6) is -2.10. The highest BCUT2D eigenvalue weighted by molar-refractivity contribution is 7.92. The Balaban J connectivity index is 1.54. The molecule has 3 aromatic rings. The molecule has 1 fully saturated rings. The fourth-order valence-electron chi connectivity index (χ4n) is 4.24. The highest BCUT2D eigenvalue weighted by atomic mass is 32.2. The molecule has 1 atom stereocenters. The van der Waals surface area contributed by atoms with E-state index in [1.54, 1.807) is 0 Å². The van der Waals surface area contributed by atoms with Gasteiger partial charge in [-0.2, -0.15) is 13.2 Å². The van der Waals surface area contributed by atoms with Crippen molar-refractivity contribution in [1.29, 1.82) is 0 Å². The Kier molecular flexibility index (Phi) is 6.97. The predicted molar refractivity (Wildman–Crippen MR) is 130 cm³/mol. The third-order valence-corrected chi connectivity index (χ3v) is 8.17. The number of alkyl halides is 3. The lowest BCUT2D eigenvalue weighted by Crippen LogP contribution is -2.50. The average molecular weight is 569 g/mol. The summed E-state index contributed by atoms with van der Waals surface area (Å²) < 4.78 is 108. The SMILES string of the molecule is O=C(NC[C@H]1CN(S(=O)(=O)c2cccc(C(F)(F)F)c2)c2cc(-c3cc(F)ccc3F)ccc2O1)C1COC1. The van der Waals surface area contributed by atoms with E-state index in [1.807, 2.05) is 0 Å². The standard InChI is InChI=1S/C26H21F5N2O5S/c27-18-5-6-22(28)21(10-18)15-4-7-24-23(8-15)33(12-19(38-24)11-32-25(34)16-13-37-14-16)39(35,36)20-3-1-2-17(9-20)26(29,30)31/h1-10,16,19H,11-14H2,(H,32,34)/t19-/m0/s1. The van der Waals surface area contributed by atoms with Crippen LogP contribution in [0.15, 0.2) is 65.6 Å². The van der Waals surface area contributed by atoms with Gasteiger partial charge in [0, 0.05) is 5.56 Å². The summed E-state index contributed by atoms with van der Waals surface area (Å²) in [5, 5.41) is 2.67. The molecule has 3 aromatic carbocycles. The molecule has 0 unspecified atom stereocenters. The van der Waals surface area contributed by atoms with Crippen molar-refractivity contribution in [2.75, 3.05) is 30.6 Å². The first-order chi connectivity index (χ1) is 18.4. The van der Waals surface area contributed by atoms with Gasteiger partial charge in [-0.05, 0) is 54.1 Å². The van der Waals surface area contributed by atoms with E-state index in [0.717, 1.165) is 40.7 Å². The zero-order valence-corrected chi connectivity index (χ0v) is 20.9. The third kappa shape index (κ3) is 5.41. The molecule has 5 rings (SSSR count). The number of carbonyl (C=O) groups excluding carboxylic acids is 1. The highest BCUT2D eigenvalue weighted by Gasteiger charge is 2.38. The molecule has 0 bridgehead atoms. The minimum absolute atomic E-state index is 0.0311. The quantitative estimate of drug-likeness (QED) is 0.447. The lowest BCUT2D eigenvalue weighted by Gasteiger charge is -2.36. The fourth-order valence-corrected chi connectivity index (χ4v) is 5.78. The summed E-state index contributed by atoms with van der Waals surface area (Å²) in [6.45, 7) is 0.0527. The number of rotatable bonds is 6. The number of sulfonamides is 1. The Morgan fingerprint density at radius 2 is 1.79 bits per heavy atom. The van der Waals surface area contributed by atoms with Gasteiger partial charge in [0.25, 0.3) is 10.0 Å². The summed E-state index contributed by atoms with van der Waals surface area (Å²) in [5.41, 5.74) is -1.26. The molecule has 2 aliphatic rings. The number of hydrogen-bond acceptors (Lipinski definition) is 5. The van der Waals surface area contributed by atoms with E-state index in [0.29, 0.717) is 6.07 Å². The molecule has 206 valence electrons. The van der Waals surface area contributed by atoms with Crippen LogP contribution in [-0.2, 0) is 25.7 Å². The molecule has 13 heteroatoms. The minimum atomic E-state index is -4.78. The first kappa shape index (κ1) is 26.9. The third-order valence-electron chi connectivity index (χ3n) is 6.39. The molecular weight excluding hydrogens is 547 g/mol. The first-order valence-corrected chi connectivity index (χ1v) is 13.2. The van der Waals surface area contributed by atoms with Gasteiger partial charge in [-0.15, -0.1) is 0 Å². The van der Waals surface area contributed by atoms with Crippen molar-refractivity contribution in [3.05, 3.63) is 77.9 Å². The lowest BCUT2D eigenvalue weighted by atomic mass is 10.0. The molecule has 1 amide bonds. The largest absolute Gasteiger partial charge is 0.484 e. The van der Waals surface area contributed by atoms with E-state index < -0.39 is 44.4 Å². The molecule has 2 heterocycles. The molecule has 0 saturated carbocycles. The molecule has 0 aliphatic carbocycles. The van der Waals surface area contributed by atoms with E-state index in [-0.39, 0.29) is 60.7 Å². The number of halogens is 5. The smallest absolute Gasteiger partial charge is 0.416 e. The second-order valence-corrected chi connectivity index (χ2v) is 11.0. The van der Waals surface area contributed by atoms with E-state index in [9.17, 15) is 35.2 Å². The maximum Gasteiger partial charge on any atom is 0.416 e. The molecule has 1 N–H and O–H groups in total. The molecular formula is C26H21F5N2O5S. The number of fused-ring (bicyclic) bond motifs is 1. The van der Waals surface area contributed by atoms with Crippen molar-refractivity contribution >= 4 is 21.6 Å². The van der Waals surface area contributed by atoms with Gasteiger partial charge in [-0.1, -0.05) is 12.1 Å². The molecule has 0 spiro atoms. The molecule has 1 saturated heterocycles. The van der Waals surface area contributed by atoms with E-state index >= 15 is 0 Å². The summed E-state index contributed by atoms with van der Waals surface area (Å²) in [7, 11) is -4.60. The molecule has 39 heavy (non-hydrogen) atoms. The van der Waals surface area contributed by atoms with Crippen molar-refractivity contribution in [3.8, 4) is 16.9 Å². The fraction of sp³-hybridized carbons (Fsp3) is 0.269. The van der Waals surface area contributed by atoms with Gasteiger partial charge in [0.15, 0.2) is 0 Å². The van der Waals surface area contributed by atoms with Crippen molar-refractivity contribution in [1.82, 2.24) is 5.32 Å². The van der Waals surface area contributed by atoms with Crippen LogP contribution < -0.4 is 14.4 Å². The summed E-state index contributed by atoms with van der Waals surface area (Å²) in [6, 6.07) is 10.1. The summed E-state index contributed by atoms with van der Waals surface area (Å²) >= 11 is 0. The normalized spacial score (nSPS) is 17.7. The van der Waals surface area contributed by atoms with Crippen LogP contribution >= 0.6 is 0 Å². The van der Waals surface area contributed by atoms with Gasteiger partial charge < -0.3 is 14.8 Å². The molecule has 0 aromatic heterocycles. The molecule has 2 aliphatic heterocycles. The number of benzene rings is 3. The second-order valence-electron chi connectivity index (χ2n) is 9.09. The average Bonchev–Trinajstić information content (AvgIpc) is 2.86. The Labute approximate surface area is 220 Å². The van der Waals surface area contributed by atoms with Crippen molar-refractivity contribution in [3.63, 3.8) is 0 Å². The van der Waals surface area contributed by atoms with Gasteiger partial charge in [0.05, 0.1) is 48.4 Å². The number of amides is 1. The minimum Gasteiger partial charge on any atom is -0.484 e. The van der Waals surface area contributed by atoms with Crippen LogP contribution in [0.2, 0.25) is 0 Å². The van der Waals surface area contributed by atoms with Gasteiger partial charge in [0.1, 0.15) is 23.5 Å². The van der Waals surface area contributed by atoms with Crippen molar-refractivity contribution < 1.29 is 44.6 Å². The monoisotopic (exact) mass is 568 g/mol. The van der Waals surface area contributed by atoms with Crippen LogP contribution in [0.1, 0.15) is 5.56 Å². The maximum absolute atomic E-state index is 14.5. The predicted octanol–water partition coefficient (Wildman–Crippen LogP) is 4.37. The maximum atomic E-state index is 14.5. The molecule has 0 radical (unpaired) electrons. The van der Waals surface area contributed by atoms with Crippen LogP contribution in [0, 0.1) is 17.6 Å². The van der Waals surface area contributed by atoms with E-state index in [4.69, 9.17) is 9.47 Å². The van der Waals surface area contributed by atoms with E-state index in [1.165, 1.54) is 18.2 Å². The lowest BCUT2D eigenvalue weighted by molar-refractivity contribution is -0.139. The Morgan fingerprint density at radius 3 is 2.49 bits per heavy atom. The van der Waals surface area contributed by atoms with Crippen LogP contribution in [-0.4, -0.2) is 46.7 Å². The van der Waals surface area contributed by atoms with Crippen molar-refractivity contribution in [2.24, 2.45) is 5.92 Å². The summed E-state index contributed by atoms with van der Waals surface area (Å²) in [6.07, 6.45) is -5.69. The first-order valence-electron chi connectivity index (χ1n) is 11.7. The zero-order valence-electron chi connectivity index (χ0n) is 20.0. The zero-order chi connectivity index (χ0) is 27.9. The number of hydrogen-bond donors (Lipinski definition) is 1. The Morgan fingerprint density at radius 1 is 1.03 bits per heavy atom. The Hall–Kier alpha value is -3.71. The van der Waals surface area contributed by atoms with Crippen LogP contribution in [0.3, 0.4) is 0 Å². The number of nitrogens with one attached hydrogen (secondary N) is 1. The van der Waals surface area contributed by atoms with Gasteiger partial charge in [0.2, 0.25) is 5.91 Å². The number of ether oxygens (including phenoxy) is 2.